The van der Waals surface area contributed by atoms with E-state index in [1.165, 1.54) is 29.2 Å². The van der Waals surface area contributed by atoms with E-state index in [1.54, 1.807) is 13.0 Å². The quantitative estimate of drug-likeness (QED) is 0.878. The van der Waals surface area contributed by atoms with Crippen molar-refractivity contribution in [2.75, 3.05) is 11.3 Å². The lowest BCUT2D eigenvalue weighted by Crippen LogP contribution is -2.13. The number of aromatic nitrogens is 2. The molecule has 1 aromatic carbocycles. The van der Waals surface area contributed by atoms with Gasteiger partial charge in [-0.15, -0.1) is 0 Å². The number of hydrogen-bond acceptors (Lipinski definition) is 4. The number of rotatable bonds is 5. The Kier molecular flexibility index (Phi) is 4.32. The molecule has 1 heterocycles. The zero-order chi connectivity index (χ0) is 14.8. The molecule has 2 rings (SSSR count). The van der Waals surface area contributed by atoms with E-state index in [0.717, 1.165) is 0 Å². The second-order valence-corrected chi connectivity index (χ2v) is 6.32. The highest BCUT2D eigenvalue weighted by molar-refractivity contribution is 7.92. The van der Waals surface area contributed by atoms with Crippen LogP contribution in [0, 0.1) is 6.92 Å². The molecule has 108 valence electrons. The van der Waals surface area contributed by atoms with Crippen molar-refractivity contribution in [1.82, 2.24) is 9.78 Å². The number of aliphatic hydroxyl groups excluding tert-OH is 1. The standard InChI is InChI=1S/C12H14ClN3O3S/c1-9-6-10(13)2-3-12(9)20(18,19)15-11-7-14-16(8-11)4-5-17/h2-3,6-8,15,17H,4-5H2,1H3. The minimum absolute atomic E-state index is 0.0653. The molecule has 2 N–H and O–H groups in total. The van der Waals surface area contributed by atoms with Gasteiger partial charge in [-0.05, 0) is 30.7 Å². The van der Waals surface area contributed by atoms with E-state index < -0.39 is 10.0 Å². The van der Waals surface area contributed by atoms with Crippen molar-refractivity contribution >= 4 is 27.3 Å². The molecule has 0 spiro atoms. The summed E-state index contributed by atoms with van der Waals surface area (Å²) in [5.74, 6) is 0. The third-order valence-corrected chi connectivity index (χ3v) is 4.42. The predicted molar refractivity (Wildman–Crippen MR) is 76.3 cm³/mol. The van der Waals surface area contributed by atoms with Gasteiger partial charge in [0.1, 0.15) is 0 Å². The molecule has 0 unspecified atom stereocenters. The number of hydrogen-bond donors (Lipinski definition) is 2. The van der Waals surface area contributed by atoms with Crippen molar-refractivity contribution in [3.05, 3.63) is 41.2 Å². The zero-order valence-electron chi connectivity index (χ0n) is 10.7. The molecule has 0 bridgehead atoms. The predicted octanol–water partition coefficient (Wildman–Crippen LogP) is 1.64. The van der Waals surface area contributed by atoms with Gasteiger partial charge in [0, 0.05) is 11.2 Å². The number of sulfonamides is 1. The van der Waals surface area contributed by atoms with E-state index in [-0.39, 0.29) is 11.5 Å². The van der Waals surface area contributed by atoms with Crippen LogP contribution in [0.3, 0.4) is 0 Å². The Bertz CT molecular complexity index is 712. The topological polar surface area (TPSA) is 84.2 Å². The third kappa shape index (κ3) is 3.30. The van der Waals surface area contributed by atoms with Crippen LogP contribution >= 0.6 is 11.6 Å². The molecule has 0 radical (unpaired) electrons. The summed E-state index contributed by atoms with van der Waals surface area (Å²) in [6.07, 6.45) is 2.90. The minimum Gasteiger partial charge on any atom is -0.394 e. The highest BCUT2D eigenvalue weighted by Crippen LogP contribution is 2.22. The van der Waals surface area contributed by atoms with Crippen LogP contribution in [0.4, 0.5) is 5.69 Å². The van der Waals surface area contributed by atoms with Gasteiger partial charge in [0.2, 0.25) is 0 Å². The van der Waals surface area contributed by atoms with Gasteiger partial charge in [0.05, 0.1) is 29.9 Å². The Morgan fingerprint density at radius 1 is 1.45 bits per heavy atom. The summed E-state index contributed by atoms with van der Waals surface area (Å²) in [4.78, 5) is 0.164. The summed E-state index contributed by atoms with van der Waals surface area (Å²) in [5, 5.41) is 13.2. The highest BCUT2D eigenvalue weighted by Gasteiger charge is 2.17. The zero-order valence-corrected chi connectivity index (χ0v) is 12.3. The first-order chi connectivity index (χ1) is 9.42. The molecule has 0 atom stereocenters. The number of aryl methyl sites for hydroxylation is 1. The van der Waals surface area contributed by atoms with Crippen LogP contribution in [-0.4, -0.2) is 29.9 Å². The maximum atomic E-state index is 12.3. The van der Waals surface area contributed by atoms with Gasteiger partial charge in [0.15, 0.2) is 0 Å². The Morgan fingerprint density at radius 3 is 2.85 bits per heavy atom. The van der Waals surface area contributed by atoms with Crippen LogP contribution in [-0.2, 0) is 16.6 Å². The molecule has 0 amide bonds. The summed E-state index contributed by atoms with van der Waals surface area (Å²) in [5.41, 5.74) is 0.903. The summed E-state index contributed by atoms with van der Waals surface area (Å²) in [6.45, 7) is 1.92. The van der Waals surface area contributed by atoms with Gasteiger partial charge in [0.25, 0.3) is 10.0 Å². The molecule has 6 nitrogen and oxygen atoms in total. The minimum atomic E-state index is -3.69. The van der Waals surface area contributed by atoms with Crippen molar-refractivity contribution < 1.29 is 13.5 Å². The first-order valence-corrected chi connectivity index (χ1v) is 7.71. The third-order valence-electron chi connectivity index (χ3n) is 2.64. The monoisotopic (exact) mass is 315 g/mol. The molecular weight excluding hydrogens is 302 g/mol. The van der Waals surface area contributed by atoms with Gasteiger partial charge < -0.3 is 5.11 Å². The first-order valence-electron chi connectivity index (χ1n) is 5.84. The first kappa shape index (κ1) is 14.8. The fourth-order valence-electron chi connectivity index (χ4n) is 1.77. The van der Waals surface area contributed by atoms with Crippen molar-refractivity contribution in [2.24, 2.45) is 0 Å². The van der Waals surface area contributed by atoms with E-state index >= 15 is 0 Å². The summed E-state index contributed by atoms with van der Waals surface area (Å²) >= 11 is 5.81. The normalized spacial score (nSPS) is 11.6. The average Bonchev–Trinajstić information content (AvgIpc) is 2.75. The number of benzene rings is 1. The molecule has 0 aliphatic carbocycles. The van der Waals surface area contributed by atoms with Crippen LogP contribution < -0.4 is 4.72 Å². The fraction of sp³-hybridized carbons (Fsp3) is 0.250. The van der Waals surface area contributed by atoms with E-state index in [9.17, 15) is 8.42 Å². The van der Waals surface area contributed by atoms with Crippen LogP contribution in [0.5, 0.6) is 0 Å². The van der Waals surface area contributed by atoms with E-state index in [1.807, 2.05) is 0 Å². The lowest BCUT2D eigenvalue weighted by Gasteiger charge is -2.08. The number of anilines is 1. The van der Waals surface area contributed by atoms with E-state index in [0.29, 0.717) is 22.8 Å². The number of nitrogens with zero attached hydrogens (tertiary/aromatic N) is 2. The van der Waals surface area contributed by atoms with Crippen LogP contribution in [0.2, 0.25) is 5.02 Å². The Balaban J connectivity index is 2.26. The largest absolute Gasteiger partial charge is 0.394 e. The molecular formula is C12H14ClN3O3S. The van der Waals surface area contributed by atoms with Gasteiger partial charge in [-0.25, -0.2) is 8.42 Å². The van der Waals surface area contributed by atoms with Crippen molar-refractivity contribution in [3.63, 3.8) is 0 Å². The van der Waals surface area contributed by atoms with Crippen LogP contribution in [0.15, 0.2) is 35.5 Å². The van der Waals surface area contributed by atoms with E-state index in [2.05, 4.69) is 9.82 Å². The number of aliphatic hydroxyl groups is 1. The van der Waals surface area contributed by atoms with Gasteiger partial charge in [-0.1, -0.05) is 11.6 Å². The lowest BCUT2D eigenvalue weighted by molar-refractivity contribution is 0.269. The van der Waals surface area contributed by atoms with Crippen molar-refractivity contribution in [1.29, 1.82) is 0 Å². The molecule has 0 aliphatic rings. The van der Waals surface area contributed by atoms with Crippen LogP contribution in [0.25, 0.3) is 0 Å². The Morgan fingerprint density at radius 2 is 2.20 bits per heavy atom. The highest BCUT2D eigenvalue weighted by atomic mass is 35.5. The Labute approximate surface area is 122 Å². The van der Waals surface area contributed by atoms with Gasteiger partial charge in [-0.2, -0.15) is 5.10 Å². The molecule has 8 heteroatoms. The summed E-state index contributed by atoms with van der Waals surface area (Å²) in [7, 11) is -3.69. The molecule has 0 saturated heterocycles. The number of halogens is 1. The molecule has 0 aliphatic heterocycles. The molecule has 2 aromatic rings. The van der Waals surface area contributed by atoms with Gasteiger partial charge >= 0.3 is 0 Å². The Hall–Kier alpha value is -1.57. The number of nitrogens with one attached hydrogen (secondary N) is 1. The fourth-order valence-corrected chi connectivity index (χ4v) is 3.25. The maximum Gasteiger partial charge on any atom is 0.262 e. The maximum absolute atomic E-state index is 12.3. The SMILES string of the molecule is Cc1cc(Cl)ccc1S(=O)(=O)Nc1cnn(CCO)c1. The van der Waals surface area contributed by atoms with E-state index in [4.69, 9.17) is 16.7 Å². The van der Waals surface area contributed by atoms with Crippen molar-refractivity contribution in [2.45, 2.75) is 18.4 Å². The lowest BCUT2D eigenvalue weighted by atomic mass is 10.2. The molecule has 0 saturated carbocycles. The average molecular weight is 316 g/mol. The van der Waals surface area contributed by atoms with Crippen molar-refractivity contribution in [3.8, 4) is 0 Å². The molecule has 20 heavy (non-hydrogen) atoms. The summed E-state index contributed by atoms with van der Waals surface area (Å²) < 4.78 is 28.4. The smallest absolute Gasteiger partial charge is 0.262 e. The van der Waals surface area contributed by atoms with Crippen LogP contribution in [0.1, 0.15) is 5.56 Å². The second-order valence-electron chi connectivity index (χ2n) is 4.23. The molecule has 1 aromatic heterocycles. The summed E-state index contributed by atoms with van der Waals surface area (Å²) in [6, 6.07) is 4.57. The second kappa shape index (κ2) is 5.82. The molecule has 0 fully saturated rings. The van der Waals surface area contributed by atoms with Gasteiger partial charge in [-0.3, -0.25) is 9.40 Å².